The maximum absolute atomic E-state index is 13.2. The zero-order valence-electron chi connectivity index (χ0n) is 28.0. The number of aliphatic hydroxyl groups excluding tert-OH is 1. The molecule has 0 aliphatic heterocycles. The lowest BCUT2D eigenvalue weighted by atomic mass is 9.98. The number of carbonyl (C=O) groups excluding carboxylic acids is 1. The number of rotatable bonds is 13. The second kappa shape index (κ2) is 15.3. The van der Waals surface area contributed by atoms with Crippen LogP contribution in [0.2, 0.25) is 0 Å². The molecular formula is C35H39N5O8S2. The molecule has 13 nitrogen and oxygen atoms in total. The van der Waals surface area contributed by atoms with Gasteiger partial charge in [0.2, 0.25) is 5.96 Å². The van der Waals surface area contributed by atoms with Crippen molar-refractivity contribution in [3.63, 3.8) is 0 Å². The Morgan fingerprint density at radius 3 is 2.30 bits per heavy atom. The molecule has 1 aromatic heterocycles. The zero-order valence-corrected chi connectivity index (χ0v) is 29.6. The van der Waals surface area contributed by atoms with E-state index in [9.17, 15) is 28.2 Å². The number of aromatic nitrogens is 1. The molecule has 0 radical (unpaired) electrons. The molecule has 0 fully saturated rings. The van der Waals surface area contributed by atoms with Crippen molar-refractivity contribution >= 4 is 39.4 Å². The minimum absolute atomic E-state index is 0.0434. The lowest BCUT2D eigenvalue weighted by Gasteiger charge is -2.23. The third-order valence-electron chi connectivity index (χ3n) is 8.68. The predicted octanol–water partition coefficient (Wildman–Crippen LogP) is 4.79. The standard InChI is InChI=1S/C35H39N5O8S2/c1-19-16-28(47-4)20(2)21(3)31(19)50(45,46)40-34(36)37-15-9-14-27(30(41)32-38-17-29(49-32)33(42)43)39-35(44)48-18-26-24-12-7-5-10-22(24)23-11-6-8-13-25(23)26/h5-8,10-13,16-17,26-27,30,41H,9,14-15,18H2,1-4H3,(H,39,44)(H,42,43)(H3,36,37,40)/t27-,30?/m0/s1. The van der Waals surface area contributed by atoms with E-state index < -0.39 is 34.2 Å². The first-order valence-electron chi connectivity index (χ1n) is 15.8. The molecule has 15 heteroatoms. The highest BCUT2D eigenvalue weighted by Gasteiger charge is 2.31. The number of aryl methyl sites for hydroxylation is 1. The van der Waals surface area contributed by atoms with Crippen LogP contribution in [0, 0.1) is 20.8 Å². The van der Waals surface area contributed by atoms with Crippen LogP contribution in [0.25, 0.3) is 11.1 Å². The van der Waals surface area contributed by atoms with Gasteiger partial charge in [-0.15, -0.1) is 11.3 Å². The third kappa shape index (κ3) is 7.74. The minimum Gasteiger partial charge on any atom is -0.496 e. The number of thiazole rings is 1. The number of carboxylic acids is 1. The van der Waals surface area contributed by atoms with E-state index in [1.807, 2.05) is 48.5 Å². The SMILES string of the molecule is COc1cc(C)c(S(=O)(=O)NC(N)=NCCC[C@H](NC(=O)OCC2c3ccccc3-c3ccccc32)C(O)c2ncc(C(=O)O)s2)c(C)c1C. The normalized spacial score (nSPS) is 14.0. The summed E-state index contributed by atoms with van der Waals surface area (Å²) in [6.07, 6.45) is -0.599. The van der Waals surface area contributed by atoms with Crippen LogP contribution in [-0.4, -0.2) is 67.9 Å². The summed E-state index contributed by atoms with van der Waals surface area (Å²) in [6.45, 7) is 5.20. The molecule has 1 heterocycles. The van der Waals surface area contributed by atoms with Crippen LogP contribution in [0.15, 0.2) is 70.7 Å². The summed E-state index contributed by atoms with van der Waals surface area (Å²) in [5.41, 5.74) is 11.9. The van der Waals surface area contributed by atoms with Crippen molar-refractivity contribution in [2.45, 2.75) is 56.6 Å². The fraction of sp³-hybridized carbons (Fsp3) is 0.314. The Bertz CT molecular complexity index is 2000. The van der Waals surface area contributed by atoms with E-state index in [1.165, 1.54) is 7.11 Å². The van der Waals surface area contributed by atoms with Gasteiger partial charge in [0.05, 0.1) is 24.2 Å². The van der Waals surface area contributed by atoms with E-state index in [0.717, 1.165) is 39.8 Å². The van der Waals surface area contributed by atoms with Crippen molar-refractivity contribution < 1.29 is 37.7 Å². The number of benzene rings is 3. The van der Waals surface area contributed by atoms with Crippen LogP contribution < -0.4 is 20.5 Å². The fourth-order valence-corrected chi connectivity index (χ4v) is 8.46. The van der Waals surface area contributed by atoms with Crippen LogP contribution in [0.4, 0.5) is 4.79 Å². The number of carbonyl (C=O) groups is 2. The number of methoxy groups -OCH3 is 1. The molecule has 0 saturated carbocycles. The van der Waals surface area contributed by atoms with Crippen molar-refractivity contribution in [2.75, 3.05) is 20.3 Å². The quantitative estimate of drug-likeness (QED) is 0.0726. The van der Waals surface area contributed by atoms with Gasteiger partial charge in [0.15, 0.2) is 0 Å². The molecular weight excluding hydrogens is 683 g/mol. The molecule has 1 aliphatic carbocycles. The molecule has 2 atom stereocenters. The molecule has 4 aromatic rings. The van der Waals surface area contributed by atoms with Crippen molar-refractivity contribution in [2.24, 2.45) is 10.7 Å². The lowest BCUT2D eigenvalue weighted by molar-refractivity contribution is 0.0701. The molecule has 6 N–H and O–H groups in total. The Labute approximate surface area is 294 Å². The van der Waals surface area contributed by atoms with Crippen molar-refractivity contribution in [3.05, 3.63) is 98.5 Å². The van der Waals surface area contributed by atoms with Gasteiger partial charge in [0.25, 0.3) is 10.0 Å². The minimum atomic E-state index is -4.07. The maximum atomic E-state index is 13.2. The molecule has 5 rings (SSSR count). The Hall–Kier alpha value is -4.99. The number of aliphatic hydroxyl groups is 1. The summed E-state index contributed by atoms with van der Waals surface area (Å²) in [6, 6.07) is 16.6. The second-order valence-electron chi connectivity index (χ2n) is 11.9. The van der Waals surface area contributed by atoms with E-state index >= 15 is 0 Å². The first-order valence-corrected chi connectivity index (χ1v) is 18.1. The Kier molecular flexibility index (Phi) is 11.1. The van der Waals surface area contributed by atoms with Gasteiger partial charge in [-0.1, -0.05) is 48.5 Å². The molecule has 0 saturated heterocycles. The summed E-state index contributed by atoms with van der Waals surface area (Å²) < 4.78 is 39.8. The summed E-state index contributed by atoms with van der Waals surface area (Å²) in [7, 11) is -2.56. The highest BCUT2D eigenvalue weighted by atomic mass is 32.2. The van der Waals surface area contributed by atoms with Gasteiger partial charge in [-0.2, -0.15) is 0 Å². The number of ether oxygens (including phenoxy) is 2. The van der Waals surface area contributed by atoms with E-state index in [2.05, 4.69) is 20.0 Å². The summed E-state index contributed by atoms with van der Waals surface area (Å²) >= 11 is 0.792. The predicted molar refractivity (Wildman–Crippen MR) is 189 cm³/mol. The number of hydrogen-bond acceptors (Lipinski definition) is 10. The van der Waals surface area contributed by atoms with E-state index in [4.69, 9.17) is 15.2 Å². The highest BCUT2D eigenvalue weighted by molar-refractivity contribution is 7.90. The number of alkyl carbamates (subject to hydrolysis) is 1. The molecule has 0 spiro atoms. The van der Waals surface area contributed by atoms with Crippen LogP contribution in [-0.2, 0) is 14.8 Å². The van der Waals surface area contributed by atoms with Gasteiger partial charge < -0.3 is 30.7 Å². The number of nitrogens with two attached hydrogens (primary N) is 1. The molecule has 1 amide bonds. The number of hydrogen-bond donors (Lipinski definition) is 5. The van der Waals surface area contributed by atoms with Crippen LogP contribution in [0.3, 0.4) is 0 Å². The van der Waals surface area contributed by atoms with Crippen molar-refractivity contribution in [3.8, 4) is 16.9 Å². The molecule has 50 heavy (non-hydrogen) atoms. The van der Waals surface area contributed by atoms with Crippen molar-refractivity contribution in [1.29, 1.82) is 0 Å². The second-order valence-corrected chi connectivity index (χ2v) is 14.6. The average molecular weight is 722 g/mol. The number of nitrogens with one attached hydrogen (secondary N) is 2. The summed E-state index contributed by atoms with van der Waals surface area (Å²) in [5, 5.41) is 23.3. The Morgan fingerprint density at radius 2 is 1.70 bits per heavy atom. The van der Waals surface area contributed by atoms with Crippen molar-refractivity contribution in [1.82, 2.24) is 15.0 Å². The first-order chi connectivity index (χ1) is 23.8. The van der Waals surface area contributed by atoms with Gasteiger partial charge in [-0.3, -0.25) is 4.99 Å². The molecule has 1 unspecified atom stereocenters. The lowest BCUT2D eigenvalue weighted by Crippen LogP contribution is -2.40. The monoisotopic (exact) mass is 721 g/mol. The Morgan fingerprint density at radius 1 is 1.06 bits per heavy atom. The third-order valence-corrected chi connectivity index (χ3v) is 11.4. The topological polar surface area (TPSA) is 203 Å². The number of nitrogens with zero attached hydrogens (tertiary/aromatic N) is 2. The van der Waals surface area contributed by atoms with Gasteiger partial charge in [-0.05, 0) is 78.6 Å². The number of aromatic carboxylic acids is 1. The molecule has 1 aliphatic rings. The Balaban J connectivity index is 1.25. The van der Waals surface area contributed by atoms with Crippen LogP contribution in [0.1, 0.15) is 67.4 Å². The number of guanidine groups is 1. The highest BCUT2D eigenvalue weighted by Crippen LogP contribution is 2.44. The molecule has 264 valence electrons. The van der Waals surface area contributed by atoms with Gasteiger partial charge in [-0.25, -0.2) is 27.7 Å². The summed E-state index contributed by atoms with van der Waals surface area (Å²) in [4.78, 5) is 32.8. The van der Waals surface area contributed by atoms with Gasteiger partial charge in [0.1, 0.15) is 28.3 Å². The van der Waals surface area contributed by atoms with E-state index in [-0.39, 0.29) is 52.7 Å². The van der Waals surface area contributed by atoms with Crippen LogP contribution >= 0.6 is 11.3 Å². The van der Waals surface area contributed by atoms with E-state index in [0.29, 0.717) is 22.4 Å². The summed E-state index contributed by atoms with van der Waals surface area (Å²) in [5.74, 6) is -1.13. The average Bonchev–Trinajstić information content (AvgIpc) is 3.70. The number of carboxylic acid groups (broad SMARTS) is 1. The van der Waals surface area contributed by atoms with Crippen LogP contribution in [0.5, 0.6) is 5.75 Å². The first kappa shape index (κ1) is 36.3. The smallest absolute Gasteiger partial charge is 0.407 e. The maximum Gasteiger partial charge on any atom is 0.407 e. The number of amides is 1. The number of fused-ring (bicyclic) bond motifs is 3. The van der Waals surface area contributed by atoms with Gasteiger partial charge in [0, 0.05) is 12.5 Å². The molecule has 3 aromatic carbocycles. The number of sulfonamides is 1. The fourth-order valence-electron chi connectivity index (χ4n) is 6.17. The van der Waals surface area contributed by atoms with Gasteiger partial charge >= 0.3 is 12.1 Å². The van der Waals surface area contributed by atoms with E-state index in [1.54, 1.807) is 26.8 Å². The largest absolute Gasteiger partial charge is 0.496 e. The molecule has 0 bridgehead atoms. The zero-order chi connectivity index (χ0) is 36.2. The number of aliphatic imine (C=N–C) groups is 1.